The number of benzene rings is 3. The second kappa shape index (κ2) is 12.9. The van der Waals surface area contributed by atoms with Gasteiger partial charge in [-0.2, -0.15) is 0 Å². The quantitative estimate of drug-likeness (QED) is 0.176. The van der Waals surface area contributed by atoms with Crippen LogP contribution in [0.25, 0.3) is 78.7 Å². The average molecular weight is 618 g/mol. The Balaban J connectivity index is 1.36. The smallest absolute Gasteiger partial charge is 0.164 e. The third-order valence-corrected chi connectivity index (χ3v) is 8.10. The molecule has 0 unspecified atom stereocenters. The van der Waals surface area contributed by atoms with Crippen LogP contribution in [0.4, 0.5) is 0 Å². The Morgan fingerprint density at radius 1 is 0.229 bits per heavy atom. The van der Waals surface area contributed by atoms with Gasteiger partial charge in [-0.3, -0.25) is 19.9 Å². The highest BCUT2D eigenvalue weighted by atomic mass is 15.0. The fourth-order valence-corrected chi connectivity index (χ4v) is 5.71. The van der Waals surface area contributed by atoms with Gasteiger partial charge in [-0.1, -0.05) is 30.3 Å². The highest BCUT2D eigenvalue weighted by Gasteiger charge is 2.16. The van der Waals surface area contributed by atoms with Crippen molar-refractivity contribution in [3.8, 4) is 78.7 Å². The van der Waals surface area contributed by atoms with E-state index in [1.165, 1.54) is 0 Å². The maximum absolute atomic E-state index is 5.17. The van der Waals surface area contributed by atoms with Crippen LogP contribution in [0.1, 0.15) is 0 Å². The van der Waals surface area contributed by atoms with Gasteiger partial charge in [0.1, 0.15) is 0 Å². The number of pyridine rings is 4. The van der Waals surface area contributed by atoms with Gasteiger partial charge in [0.25, 0.3) is 0 Å². The third-order valence-electron chi connectivity index (χ3n) is 8.10. The minimum Gasteiger partial charge on any atom is -0.265 e. The summed E-state index contributed by atoms with van der Waals surface area (Å²) in [7, 11) is 0. The zero-order valence-corrected chi connectivity index (χ0v) is 25.7. The monoisotopic (exact) mass is 617 g/mol. The summed E-state index contributed by atoms with van der Waals surface area (Å²) in [5.74, 6) is 1.74. The van der Waals surface area contributed by atoms with Gasteiger partial charge in [-0.15, -0.1) is 0 Å². The van der Waals surface area contributed by atoms with E-state index in [0.29, 0.717) is 17.5 Å². The minimum atomic E-state index is 0.574. The summed E-state index contributed by atoms with van der Waals surface area (Å²) in [4.78, 5) is 32.2. The average Bonchev–Trinajstić information content (AvgIpc) is 3.19. The van der Waals surface area contributed by atoms with E-state index in [9.17, 15) is 0 Å². The van der Waals surface area contributed by atoms with Crippen molar-refractivity contribution < 1.29 is 0 Å². The lowest BCUT2D eigenvalue weighted by atomic mass is 9.96. The van der Waals surface area contributed by atoms with E-state index >= 15 is 0 Å². The van der Waals surface area contributed by atoms with Crippen LogP contribution in [0.2, 0.25) is 0 Å². The molecule has 0 spiro atoms. The number of hydrogen-bond donors (Lipinski definition) is 0. The lowest BCUT2D eigenvalue weighted by molar-refractivity contribution is 1.07. The molecule has 0 aliphatic rings. The fraction of sp³-hybridized carbons (Fsp3) is 0. The minimum absolute atomic E-state index is 0.574. The molecule has 5 heterocycles. The molecule has 7 heteroatoms. The van der Waals surface area contributed by atoms with Gasteiger partial charge in [-0.25, -0.2) is 15.0 Å². The zero-order chi connectivity index (χ0) is 32.1. The number of nitrogens with zero attached hydrogens (tertiary/aromatic N) is 7. The lowest BCUT2D eigenvalue weighted by Crippen LogP contribution is -2.01. The van der Waals surface area contributed by atoms with Crippen molar-refractivity contribution in [2.75, 3.05) is 0 Å². The summed E-state index contributed by atoms with van der Waals surface area (Å²) < 4.78 is 0. The van der Waals surface area contributed by atoms with Crippen LogP contribution in [0.15, 0.2) is 165 Å². The fourth-order valence-electron chi connectivity index (χ4n) is 5.71. The van der Waals surface area contributed by atoms with Gasteiger partial charge in [0.15, 0.2) is 17.5 Å². The SMILES string of the molecule is c1ccc(-c2nc(-c3cc(-c4ccncc4)cc(-c4ccncc4)c3)nc(-c3cc(-c4ccncc4)cc(-c4ccncc4)c3)n2)cc1. The maximum atomic E-state index is 5.17. The molecule has 5 aromatic heterocycles. The molecule has 0 aliphatic carbocycles. The highest BCUT2D eigenvalue weighted by Crippen LogP contribution is 2.35. The first-order valence-corrected chi connectivity index (χ1v) is 15.5. The number of hydrogen-bond acceptors (Lipinski definition) is 7. The van der Waals surface area contributed by atoms with Crippen molar-refractivity contribution in [3.05, 3.63) is 165 Å². The predicted molar refractivity (Wildman–Crippen MR) is 189 cm³/mol. The predicted octanol–water partition coefficient (Wildman–Crippen LogP) is 9.12. The van der Waals surface area contributed by atoms with Crippen molar-refractivity contribution >= 4 is 0 Å². The molecular formula is C41H27N7. The van der Waals surface area contributed by atoms with E-state index in [1.807, 2.05) is 78.9 Å². The Bertz CT molecular complexity index is 2060. The van der Waals surface area contributed by atoms with E-state index < -0.39 is 0 Å². The van der Waals surface area contributed by atoms with Crippen LogP contribution in [-0.4, -0.2) is 34.9 Å². The molecule has 8 rings (SSSR count). The molecule has 48 heavy (non-hydrogen) atoms. The van der Waals surface area contributed by atoms with Crippen LogP contribution in [0, 0.1) is 0 Å². The number of aromatic nitrogens is 7. The molecule has 0 radical (unpaired) electrons. The molecule has 0 atom stereocenters. The van der Waals surface area contributed by atoms with Crippen LogP contribution in [0.5, 0.6) is 0 Å². The van der Waals surface area contributed by atoms with E-state index in [1.54, 1.807) is 49.6 Å². The van der Waals surface area contributed by atoms with Crippen molar-refractivity contribution in [2.45, 2.75) is 0 Å². The summed E-state index contributed by atoms with van der Waals surface area (Å²) in [5.41, 5.74) is 11.0. The molecular weight excluding hydrogens is 591 g/mol. The standard InChI is InChI=1S/C41H27N7/c1-2-4-32(5-3-1)39-46-40(37-24-33(28-6-14-42-15-7-28)22-34(25-37)29-8-16-43-17-9-29)48-41(47-39)38-26-35(30-10-18-44-19-11-30)23-36(27-38)31-12-20-45-21-13-31/h1-27H. The second-order valence-electron chi connectivity index (χ2n) is 11.2. The Labute approximate surface area is 277 Å². The van der Waals surface area contributed by atoms with Crippen LogP contribution >= 0.6 is 0 Å². The summed E-state index contributed by atoms with van der Waals surface area (Å²) in [6.45, 7) is 0. The van der Waals surface area contributed by atoms with Crippen molar-refractivity contribution in [3.63, 3.8) is 0 Å². The number of rotatable bonds is 7. The van der Waals surface area contributed by atoms with E-state index in [-0.39, 0.29) is 0 Å². The zero-order valence-electron chi connectivity index (χ0n) is 25.7. The van der Waals surface area contributed by atoms with Crippen molar-refractivity contribution in [2.24, 2.45) is 0 Å². The molecule has 0 amide bonds. The molecule has 0 aliphatic heterocycles. The van der Waals surface area contributed by atoms with Crippen molar-refractivity contribution in [1.82, 2.24) is 34.9 Å². The van der Waals surface area contributed by atoms with E-state index in [4.69, 9.17) is 15.0 Å². The molecule has 226 valence electrons. The van der Waals surface area contributed by atoms with Crippen molar-refractivity contribution in [1.29, 1.82) is 0 Å². The highest BCUT2D eigenvalue weighted by molar-refractivity contribution is 5.82. The first-order valence-electron chi connectivity index (χ1n) is 15.5. The van der Waals surface area contributed by atoms with Gasteiger partial charge in [0.05, 0.1) is 0 Å². The second-order valence-corrected chi connectivity index (χ2v) is 11.2. The molecule has 0 saturated carbocycles. The normalized spacial score (nSPS) is 10.9. The van der Waals surface area contributed by atoms with E-state index in [0.717, 1.165) is 61.2 Å². The Hall–Kier alpha value is -6.73. The first-order chi connectivity index (χ1) is 23.8. The summed E-state index contributed by atoms with van der Waals surface area (Å²) in [6.07, 6.45) is 14.4. The summed E-state index contributed by atoms with van der Waals surface area (Å²) in [6, 6.07) is 39.0. The van der Waals surface area contributed by atoms with E-state index in [2.05, 4.69) is 56.3 Å². The first kappa shape index (κ1) is 28.7. The van der Waals surface area contributed by atoms with Gasteiger partial charge in [0.2, 0.25) is 0 Å². The Kier molecular flexibility index (Phi) is 7.74. The van der Waals surface area contributed by atoms with Gasteiger partial charge < -0.3 is 0 Å². The summed E-state index contributed by atoms with van der Waals surface area (Å²) >= 11 is 0. The van der Waals surface area contributed by atoms with Gasteiger partial charge in [-0.05, 0) is 129 Å². The van der Waals surface area contributed by atoms with Crippen LogP contribution < -0.4 is 0 Å². The molecule has 0 bridgehead atoms. The lowest BCUT2D eigenvalue weighted by Gasteiger charge is -2.14. The molecule has 0 saturated heterocycles. The topological polar surface area (TPSA) is 90.2 Å². The Morgan fingerprint density at radius 3 is 0.812 bits per heavy atom. The molecule has 0 N–H and O–H groups in total. The Morgan fingerprint density at radius 2 is 0.500 bits per heavy atom. The maximum Gasteiger partial charge on any atom is 0.164 e. The van der Waals surface area contributed by atoms with Gasteiger partial charge >= 0.3 is 0 Å². The molecule has 3 aromatic carbocycles. The largest absolute Gasteiger partial charge is 0.265 e. The van der Waals surface area contributed by atoms with Gasteiger partial charge in [0, 0.05) is 66.3 Å². The molecule has 8 aromatic rings. The van der Waals surface area contributed by atoms with Crippen LogP contribution in [-0.2, 0) is 0 Å². The molecule has 0 fully saturated rings. The molecule has 7 nitrogen and oxygen atoms in total. The summed E-state index contributed by atoms with van der Waals surface area (Å²) in [5, 5.41) is 0. The van der Waals surface area contributed by atoms with Crippen LogP contribution in [0.3, 0.4) is 0 Å². The third kappa shape index (κ3) is 6.08.